The third-order valence-corrected chi connectivity index (χ3v) is 3.81. The number of carboxylic acid groups (broad SMARTS) is 1. The molecule has 6 heteroatoms. The lowest BCUT2D eigenvalue weighted by Crippen LogP contribution is -2.52. The van der Waals surface area contributed by atoms with Crippen molar-refractivity contribution in [1.29, 1.82) is 0 Å². The van der Waals surface area contributed by atoms with Crippen molar-refractivity contribution in [3.05, 3.63) is 24.0 Å². The van der Waals surface area contributed by atoms with Gasteiger partial charge in [-0.2, -0.15) is 0 Å². The molecule has 114 valence electrons. The summed E-state index contributed by atoms with van der Waals surface area (Å²) in [5.41, 5.74) is 0.922. The van der Waals surface area contributed by atoms with Gasteiger partial charge in [-0.05, 0) is 31.4 Å². The number of urea groups is 1. The zero-order valence-corrected chi connectivity index (χ0v) is 12.2. The molecule has 0 aromatic carbocycles. The molecule has 0 spiro atoms. The summed E-state index contributed by atoms with van der Waals surface area (Å²) in [5, 5.41) is 14.7. The molecule has 21 heavy (non-hydrogen) atoms. The minimum atomic E-state index is -0.880. The molecule has 0 bridgehead atoms. The van der Waals surface area contributed by atoms with Gasteiger partial charge in [0.2, 0.25) is 0 Å². The number of carbonyl (C=O) groups is 2. The van der Waals surface area contributed by atoms with Gasteiger partial charge in [0, 0.05) is 6.20 Å². The second-order valence-corrected chi connectivity index (χ2v) is 5.74. The molecule has 6 nitrogen and oxygen atoms in total. The minimum absolute atomic E-state index is 0.0352. The number of hydrogen-bond donors (Lipinski definition) is 3. The number of rotatable bonds is 4. The van der Waals surface area contributed by atoms with Crippen molar-refractivity contribution in [3.8, 4) is 0 Å². The Kier molecular flexibility index (Phi) is 4.77. The summed E-state index contributed by atoms with van der Waals surface area (Å²) in [6.07, 6.45) is 7.63. The van der Waals surface area contributed by atoms with Crippen LogP contribution in [0.3, 0.4) is 0 Å². The van der Waals surface area contributed by atoms with Gasteiger partial charge in [0.05, 0.1) is 23.8 Å². The highest BCUT2D eigenvalue weighted by Gasteiger charge is 2.35. The molecule has 0 unspecified atom stereocenters. The van der Waals surface area contributed by atoms with Crippen LogP contribution in [-0.2, 0) is 4.79 Å². The van der Waals surface area contributed by atoms with E-state index in [1.165, 1.54) is 0 Å². The van der Waals surface area contributed by atoms with Crippen LogP contribution in [0.2, 0.25) is 0 Å². The predicted octanol–water partition coefficient (Wildman–Crippen LogP) is 2.69. The summed E-state index contributed by atoms with van der Waals surface area (Å²) >= 11 is 0. The Morgan fingerprint density at radius 2 is 2.00 bits per heavy atom. The average Bonchev–Trinajstić information content (AvgIpc) is 2.38. The smallest absolute Gasteiger partial charge is 0.319 e. The second-order valence-electron chi connectivity index (χ2n) is 5.74. The Labute approximate surface area is 124 Å². The number of pyridine rings is 1. The van der Waals surface area contributed by atoms with Crippen molar-refractivity contribution < 1.29 is 14.7 Å². The summed E-state index contributed by atoms with van der Waals surface area (Å²) in [5.74, 6) is -0.880. The van der Waals surface area contributed by atoms with Crippen molar-refractivity contribution in [2.45, 2.75) is 51.0 Å². The number of aliphatic carboxylic acids is 1. The first kappa shape index (κ1) is 15.3. The molecule has 1 fully saturated rings. The Hall–Kier alpha value is -2.11. The van der Waals surface area contributed by atoms with E-state index in [0.717, 1.165) is 24.8 Å². The van der Waals surface area contributed by atoms with E-state index in [1.807, 2.05) is 13.0 Å². The van der Waals surface area contributed by atoms with Crippen molar-refractivity contribution in [2.75, 3.05) is 5.32 Å². The second kappa shape index (κ2) is 6.56. The van der Waals surface area contributed by atoms with E-state index in [-0.39, 0.29) is 12.5 Å². The molecule has 2 amide bonds. The highest BCUT2D eigenvalue weighted by Crippen LogP contribution is 2.31. The van der Waals surface area contributed by atoms with E-state index < -0.39 is 11.5 Å². The number of aromatic nitrogens is 1. The number of anilines is 1. The molecule has 1 aromatic rings. The standard InChI is InChI=1S/C15H21N3O3/c1-11-7-12(10-16-9-11)17-14(21)18-15(8-13(19)20)5-3-2-4-6-15/h7,9-10H,2-6,8H2,1H3,(H,19,20)(H2,17,18,21). The predicted molar refractivity (Wildman–Crippen MR) is 79.2 cm³/mol. The number of carboxylic acids is 1. The fraction of sp³-hybridized carbons (Fsp3) is 0.533. The Morgan fingerprint density at radius 3 is 2.62 bits per heavy atom. The number of amides is 2. The maximum Gasteiger partial charge on any atom is 0.319 e. The number of carbonyl (C=O) groups excluding carboxylic acids is 1. The maximum absolute atomic E-state index is 12.1. The first-order valence-corrected chi connectivity index (χ1v) is 7.22. The van der Waals surface area contributed by atoms with Gasteiger partial charge in [-0.3, -0.25) is 9.78 Å². The van der Waals surface area contributed by atoms with Crippen LogP contribution in [0.15, 0.2) is 18.5 Å². The monoisotopic (exact) mass is 291 g/mol. The highest BCUT2D eigenvalue weighted by molar-refractivity contribution is 5.90. The average molecular weight is 291 g/mol. The SMILES string of the molecule is Cc1cncc(NC(=O)NC2(CC(=O)O)CCCCC2)c1. The Morgan fingerprint density at radius 1 is 1.29 bits per heavy atom. The summed E-state index contributed by atoms with van der Waals surface area (Å²) in [4.78, 5) is 27.2. The number of nitrogens with one attached hydrogen (secondary N) is 2. The molecule has 1 saturated carbocycles. The third-order valence-electron chi connectivity index (χ3n) is 3.81. The summed E-state index contributed by atoms with van der Waals surface area (Å²) in [6.45, 7) is 1.89. The first-order valence-electron chi connectivity index (χ1n) is 7.22. The molecule has 1 aliphatic rings. The van der Waals surface area contributed by atoms with E-state index in [9.17, 15) is 9.59 Å². The Bertz CT molecular complexity index is 525. The zero-order valence-electron chi connectivity index (χ0n) is 12.2. The minimum Gasteiger partial charge on any atom is -0.481 e. The molecule has 0 radical (unpaired) electrons. The highest BCUT2D eigenvalue weighted by atomic mass is 16.4. The fourth-order valence-corrected chi connectivity index (χ4v) is 2.89. The van der Waals surface area contributed by atoms with Gasteiger partial charge >= 0.3 is 12.0 Å². The molecular weight excluding hydrogens is 270 g/mol. The van der Waals surface area contributed by atoms with E-state index >= 15 is 0 Å². The van der Waals surface area contributed by atoms with Crippen LogP contribution in [0.5, 0.6) is 0 Å². The summed E-state index contributed by atoms with van der Waals surface area (Å²) in [7, 11) is 0. The largest absolute Gasteiger partial charge is 0.481 e. The van der Waals surface area contributed by atoms with Gasteiger partial charge in [0.1, 0.15) is 0 Å². The van der Waals surface area contributed by atoms with E-state index in [2.05, 4.69) is 15.6 Å². The van der Waals surface area contributed by atoms with E-state index in [0.29, 0.717) is 18.5 Å². The topological polar surface area (TPSA) is 91.3 Å². The van der Waals surface area contributed by atoms with Gasteiger partial charge in [-0.25, -0.2) is 4.79 Å². The van der Waals surface area contributed by atoms with Crippen LogP contribution < -0.4 is 10.6 Å². The van der Waals surface area contributed by atoms with Gasteiger partial charge in [-0.1, -0.05) is 19.3 Å². The molecule has 0 atom stereocenters. The lowest BCUT2D eigenvalue weighted by atomic mass is 9.79. The van der Waals surface area contributed by atoms with Crippen molar-refractivity contribution in [2.24, 2.45) is 0 Å². The molecule has 3 N–H and O–H groups in total. The van der Waals surface area contributed by atoms with Crippen molar-refractivity contribution in [3.63, 3.8) is 0 Å². The van der Waals surface area contributed by atoms with Gasteiger partial charge in [0.15, 0.2) is 0 Å². The lowest BCUT2D eigenvalue weighted by molar-refractivity contribution is -0.138. The number of aryl methyl sites for hydroxylation is 1. The molecule has 0 aliphatic heterocycles. The zero-order chi connectivity index (χ0) is 15.3. The van der Waals surface area contributed by atoms with Crippen LogP contribution in [-0.4, -0.2) is 27.6 Å². The van der Waals surface area contributed by atoms with Gasteiger partial charge in [-0.15, -0.1) is 0 Å². The summed E-state index contributed by atoms with van der Waals surface area (Å²) in [6, 6.07) is 1.45. The van der Waals surface area contributed by atoms with E-state index in [1.54, 1.807) is 12.4 Å². The van der Waals surface area contributed by atoms with Crippen LogP contribution in [0.4, 0.5) is 10.5 Å². The van der Waals surface area contributed by atoms with Crippen molar-refractivity contribution in [1.82, 2.24) is 10.3 Å². The number of nitrogens with zero attached hydrogens (tertiary/aromatic N) is 1. The van der Waals surface area contributed by atoms with Crippen LogP contribution in [0.25, 0.3) is 0 Å². The molecular formula is C15H21N3O3. The maximum atomic E-state index is 12.1. The molecule has 1 heterocycles. The quantitative estimate of drug-likeness (QED) is 0.795. The van der Waals surface area contributed by atoms with Crippen molar-refractivity contribution >= 4 is 17.7 Å². The van der Waals surface area contributed by atoms with Crippen LogP contribution in [0, 0.1) is 6.92 Å². The lowest BCUT2D eigenvalue weighted by Gasteiger charge is -2.36. The first-order chi connectivity index (χ1) is 9.99. The third kappa shape index (κ3) is 4.44. The van der Waals surface area contributed by atoms with Crippen LogP contribution in [0.1, 0.15) is 44.1 Å². The summed E-state index contributed by atoms with van der Waals surface area (Å²) < 4.78 is 0. The fourth-order valence-electron chi connectivity index (χ4n) is 2.89. The van der Waals surface area contributed by atoms with E-state index in [4.69, 9.17) is 5.11 Å². The molecule has 2 rings (SSSR count). The molecule has 1 aromatic heterocycles. The van der Waals surface area contributed by atoms with Gasteiger partial charge in [0.25, 0.3) is 0 Å². The number of hydrogen-bond acceptors (Lipinski definition) is 3. The molecule has 0 saturated heterocycles. The molecule has 1 aliphatic carbocycles. The normalized spacial score (nSPS) is 17.0. The Balaban J connectivity index is 2.02. The van der Waals surface area contributed by atoms with Gasteiger partial charge < -0.3 is 15.7 Å². The van der Waals surface area contributed by atoms with Crippen LogP contribution >= 0.6 is 0 Å².